The van der Waals surface area contributed by atoms with Crippen LogP contribution in [0.25, 0.3) is 0 Å². The molecule has 4 nitrogen and oxygen atoms in total. The van der Waals surface area contributed by atoms with E-state index in [0.717, 1.165) is 12.1 Å². The monoisotopic (exact) mass is 226 g/mol. The average molecular weight is 226 g/mol. The first-order valence-corrected chi connectivity index (χ1v) is 4.52. The van der Waals surface area contributed by atoms with Gasteiger partial charge < -0.3 is 9.15 Å². The summed E-state index contributed by atoms with van der Waals surface area (Å²) in [6, 6.07) is 3.27. The molecule has 2 rings (SSSR count). The second-order valence-corrected chi connectivity index (χ2v) is 3.08. The van der Waals surface area contributed by atoms with Crippen molar-refractivity contribution in [2.75, 3.05) is 0 Å². The van der Waals surface area contributed by atoms with Crippen molar-refractivity contribution in [2.45, 2.75) is 13.5 Å². The van der Waals surface area contributed by atoms with E-state index in [1.807, 2.05) is 0 Å². The Kier molecular flexibility index (Phi) is 2.80. The molecule has 0 radical (unpaired) electrons. The fourth-order valence-electron chi connectivity index (χ4n) is 1.11. The van der Waals surface area contributed by atoms with Crippen LogP contribution in [0.2, 0.25) is 0 Å². The Hall–Kier alpha value is -1.98. The summed E-state index contributed by atoms with van der Waals surface area (Å²) >= 11 is 0. The van der Waals surface area contributed by atoms with Gasteiger partial charge in [0.2, 0.25) is 5.89 Å². The predicted octanol–water partition coefficient (Wildman–Crippen LogP) is 2.24. The minimum atomic E-state index is -0.959. The fourth-order valence-corrected chi connectivity index (χ4v) is 1.11. The van der Waals surface area contributed by atoms with E-state index in [4.69, 9.17) is 9.15 Å². The summed E-state index contributed by atoms with van der Waals surface area (Å²) in [6.07, 6.45) is 0. The summed E-state index contributed by atoms with van der Waals surface area (Å²) in [7, 11) is 0. The van der Waals surface area contributed by atoms with Crippen LogP contribution in [0.15, 0.2) is 22.6 Å². The zero-order valence-electron chi connectivity index (χ0n) is 8.41. The van der Waals surface area contributed by atoms with Gasteiger partial charge in [0.1, 0.15) is 5.75 Å². The van der Waals surface area contributed by atoms with Crippen molar-refractivity contribution in [1.29, 1.82) is 0 Å². The number of hydrogen-bond acceptors (Lipinski definition) is 4. The third kappa shape index (κ3) is 2.33. The molecule has 0 aliphatic rings. The van der Waals surface area contributed by atoms with Gasteiger partial charge in [-0.25, -0.2) is 8.78 Å². The number of ether oxygens (including phenoxy) is 1. The third-order valence-electron chi connectivity index (χ3n) is 1.82. The van der Waals surface area contributed by atoms with Gasteiger partial charge in [0.15, 0.2) is 18.2 Å². The van der Waals surface area contributed by atoms with Crippen LogP contribution in [0.5, 0.6) is 5.75 Å². The maximum absolute atomic E-state index is 12.8. The van der Waals surface area contributed by atoms with Crippen molar-refractivity contribution in [3.63, 3.8) is 0 Å². The van der Waals surface area contributed by atoms with Gasteiger partial charge in [-0.3, -0.25) is 0 Å². The molecule has 0 N–H and O–H groups in total. The Morgan fingerprint density at radius 3 is 2.69 bits per heavy atom. The lowest BCUT2D eigenvalue weighted by atomic mass is 10.3. The molecule has 84 valence electrons. The van der Waals surface area contributed by atoms with Gasteiger partial charge in [0.05, 0.1) is 0 Å². The SMILES string of the molecule is Cc1nnc(COc2ccc(F)c(F)c2)o1. The van der Waals surface area contributed by atoms with Gasteiger partial charge >= 0.3 is 0 Å². The Balaban J connectivity index is 2.02. The van der Waals surface area contributed by atoms with E-state index in [2.05, 4.69) is 10.2 Å². The van der Waals surface area contributed by atoms with E-state index in [0.29, 0.717) is 5.89 Å². The minimum Gasteiger partial charge on any atom is -0.484 e. The van der Waals surface area contributed by atoms with Gasteiger partial charge in [-0.2, -0.15) is 0 Å². The van der Waals surface area contributed by atoms with Crippen molar-refractivity contribution in [1.82, 2.24) is 10.2 Å². The number of hydrogen-bond donors (Lipinski definition) is 0. The molecule has 0 unspecified atom stereocenters. The molecule has 6 heteroatoms. The molecule has 0 atom stereocenters. The molecule has 0 fully saturated rings. The number of rotatable bonds is 3. The number of halogens is 2. The molecule has 0 aliphatic carbocycles. The zero-order chi connectivity index (χ0) is 11.5. The molecule has 0 bridgehead atoms. The van der Waals surface area contributed by atoms with E-state index >= 15 is 0 Å². The highest BCUT2D eigenvalue weighted by atomic mass is 19.2. The van der Waals surface area contributed by atoms with Crippen LogP contribution in [0.4, 0.5) is 8.78 Å². The summed E-state index contributed by atoms with van der Waals surface area (Å²) in [4.78, 5) is 0. The van der Waals surface area contributed by atoms with Crippen molar-refractivity contribution in [3.8, 4) is 5.75 Å². The lowest BCUT2D eigenvalue weighted by molar-refractivity contribution is 0.258. The van der Waals surface area contributed by atoms with Gasteiger partial charge in [-0.15, -0.1) is 10.2 Å². The van der Waals surface area contributed by atoms with Crippen molar-refractivity contribution < 1.29 is 17.9 Å². The number of benzene rings is 1. The number of aryl methyl sites for hydroxylation is 1. The highest BCUT2D eigenvalue weighted by molar-refractivity contribution is 5.23. The van der Waals surface area contributed by atoms with E-state index in [1.165, 1.54) is 6.07 Å². The first kappa shape index (κ1) is 10.5. The highest BCUT2D eigenvalue weighted by Gasteiger charge is 2.06. The molecule has 1 aromatic carbocycles. The Morgan fingerprint density at radius 1 is 1.25 bits per heavy atom. The summed E-state index contributed by atoms with van der Waals surface area (Å²) < 4.78 is 35.6. The maximum atomic E-state index is 12.8. The maximum Gasteiger partial charge on any atom is 0.253 e. The molecular weight excluding hydrogens is 218 g/mol. The predicted molar refractivity (Wildman–Crippen MR) is 49.7 cm³/mol. The summed E-state index contributed by atoms with van der Waals surface area (Å²) in [5.41, 5.74) is 0. The van der Waals surface area contributed by atoms with Crippen molar-refractivity contribution >= 4 is 0 Å². The second kappa shape index (κ2) is 4.26. The van der Waals surface area contributed by atoms with E-state index in [-0.39, 0.29) is 18.2 Å². The van der Waals surface area contributed by atoms with Crippen molar-refractivity contribution in [2.24, 2.45) is 0 Å². The molecule has 0 saturated heterocycles. The number of aromatic nitrogens is 2. The summed E-state index contributed by atoms with van der Waals surface area (Å²) in [6.45, 7) is 1.67. The normalized spacial score (nSPS) is 10.4. The molecule has 0 saturated carbocycles. The molecular formula is C10H8F2N2O2. The van der Waals surface area contributed by atoms with E-state index < -0.39 is 11.6 Å². The highest BCUT2D eigenvalue weighted by Crippen LogP contribution is 2.16. The van der Waals surface area contributed by atoms with Crippen LogP contribution in [0.3, 0.4) is 0 Å². The molecule has 16 heavy (non-hydrogen) atoms. The zero-order valence-corrected chi connectivity index (χ0v) is 8.41. The van der Waals surface area contributed by atoms with Crippen LogP contribution < -0.4 is 4.74 Å². The van der Waals surface area contributed by atoms with Crippen LogP contribution in [-0.4, -0.2) is 10.2 Å². The van der Waals surface area contributed by atoms with E-state index in [9.17, 15) is 8.78 Å². The minimum absolute atomic E-state index is 0.0198. The van der Waals surface area contributed by atoms with Crippen LogP contribution in [0.1, 0.15) is 11.8 Å². The topological polar surface area (TPSA) is 48.2 Å². The Labute approximate surface area is 89.9 Å². The van der Waals surface area contributed by atoms with E-state index in [1.54, 1.807) is 6.92 Å². The van der Waals surface area contributed by atoms with Gasteiger partial charge in [0, 0.05) is 13.0 Å². The molecule has 0 amide bonds. The van der Waals surface area contributed by atoms with Crippen LogP contribution in [0, 0.1) is 18.6 Å². The second-order valence-electron chi connectivity index (χ2n) is 3.08. The largest absolute Gasteiger partial charge is 0.484 e. The first-order chi connectivity index (χ1) is 7.65. The molecule has 0 spiro atoms. The lowest BCUT2D eigenvalue weighted by Gasteiger charge is -2.02. The standard InChI is InChI=1S/C10H8F2N2O2/c1-6-13-14-10(16-6)5-15-7-2-3-8(11)9(12)4-7/h2-4H,5H2,1H3. The molecule has 1 heterocycles. The smallest absolute Gasteiger partial charge is 0.253 e. The fraction of sp³-hybridized carbons (Fsp3) is 0.200. The first-order valence-electron chi connectivity index (χ1n) is 4.52. The van der Waals surface area contributed by atoms with Crippen LogP contribution in [-0.2, 0) is 6.61 Å². The quantitative estimate of drug-likeness (QED) is 0.805. The third-order valence-corrected chi connectivity index (χ3v) is 1.82. The van der Waals surface area contributed by atoms with Gasteiger partial charge in [-0.05, 0) is 12.1 Å². The Morgan fingerprint density at radius 2 is 2.06 bits per heavy atom. The lowest BCUT2D eigenvalue weighted by Crippen LogP contribution is -1.96. The number of nitrogens with zero attached hydrogens (tertiary/aromatic N) is 2. The Bertz CT molecular complexity index is 499. The molecule has 2 aromatic rings. The van der Waals surface area contributed by atoms with Crippen LogP contribution >= 0.6 is 0 Å². The van der Waals surface area contributed by atoms with Gasteiger partial charge in [0.25, 0.3) is 5.89 Å². The van der Waals surface area contributed by atoms with Crippen molar-refractivity contribution in [3.05, 3.63) is 41.6 Å². The van der Waals surface area contributed by atoms with Gasteiger partial charge in [-0.1, -0.05) is 0 Å². The molecule has 1 aromatic heterocycles. The molecule has 0 aliphatic heterocycles. The summed E-state index contributed by atoms with van der Waals surface area (Å²) in [5, 5.41) is 7.29. The average Bonchev–Trinajstić information content (AvgIpc) is 2.66. The summed E-state index contributed by atoms with van der Waals surface area (Å²) in [5.74, 6) is -0.971.